The van der Waals surface area contributed by atoms with E-state index in [1.165, 1.54) is 16.7 Å². The van der Waals surface area contributed by atoms with Crippen LogP contribution in [0.2, 0.25) is 0 Å². The molecule has 0 aromatic heterocycles. The van der Waals surface area contributed by atoms with Crippen molar-refractivity contribution in [1.29, 1.82) is 0 Å². The third kappa shape index (κ3) is 4.29. The van der Waals surface area contributed by atoms with Crippen LogP contribution in [0.4, 0.5) is 0 Å². The van der Waals surface area contributed by atoms with E-state index >= 15 is 0 Å². The van der Waals surface area contributed by atoms with Crippen LogP contribution in [-0.2, 0) is 20.8 Å². The highest BCUT2D eigenvalue weighted by atomic mass is 32.2. The third-order valence-corrected chi connectivity index (χ3v) is 6.68. The third-order valence-electron chi connectivity index (χ3n) is 5.05. The molecule has 2 aliphatic heterocycles. The Kier molecular flexibility index (Phi) is 6.85. The maximum atomic E-state index is 12.4. The number of rotatable bonds is 9. The Balaban J connectivity index is 1.54. The highest BCUT2D eigenvalue weighted by Gasteiger charge is 2.57. The fourth-order valence-corrected chi connectivity index (χ4v) is 5.39. The molecule has 28 heavy (non-hydrogen) atoms. The van der Waals surface area contributed by atoms with Crippen LogP contribution >= 0.6 is 24.4 Å². The van der Waals surface area contributed by atoms with Crippen molar-refractivity contribution < 1.29 is 19.5 Å². The Morgan fingerprint density at radius 2 is 2.00 bits per heavy atom. The van der Waals surface area contributed by atoms with E-state index < -0.39 is 17.1 Å². The summed E-state index contributed by atoms with van der Waals surface area (Å²) in [6.07, 6.45) is 1.12. The quantitative estimate of drug-likeness (QED) is 0.421. The lowest BCUT2D eigenvalue weighted by Crippen LogP contribution is -2.61. The first-order valence-electron chi connectivity index (χ1n) is 9.39. The topological polar surface area (TPSA) is 86.7 Å². The number of hydrogen-bond acceptors (Lipinski definition) is 5. The summed E-state index contributed by atoms with van der Waals surface area (Å²) in [5.41, 5.74) is 1.42. The van der Waals surface area contributed by atoms with Crippen molar-refractivity contribution in [3.05, 3.63) is 46.5 Å². The number of aliphatic hydroxyl groups excluding tert-OH is 1. The van der Waals surface area contributed by atoms with Crippen LogP contribution in [0.3, 0.4) is 0 Å². The van der Waals surface area contributed by atoms with E-state index in [4.69, 9.17) is 0 Å². The van der Waals surface area contributed by atoms with E-state index in [0.29, 0.717) is 24.3 Å². The van der Waals surface area contributed by atoms with Crippen LogP contribution < -0.4 is 5.32 Å². The van der Waals surface area contributed by atoms with Crippen molar-refractivity contribution in [2.45, 2.75) is 44.1 Å². The van der Waals surface area contributed by atoms with Crippen LogP contribution in [0.15, 0.2) is 40.9 Å². The largest absolute Gasteiger partial charge is 0.392 e. The van der Waals surface area contributed by atoms with Crippen molar-refractivity contribution in [3.63, 3.8) is 0 Å². The average molecular weight is 421 g/mol. The Morgan fingerprint density at radius 3 is 2.64 bits per heavy atom. The van der Waals surface area contributed by atoms with E-state index in [9.17, 15) is 19.5 Å². The van der Waals surface area contributed by atoms with Crippen molar-refractivity contribution in [2.75, 3.05) is 6.54 Å². The molecule has 0 radical (unpaired) electrons. The van der Waals surface area contributed by atoms with E-state index in [2.05, 4.69) is 17.9 Å². The minimum absolute atomic E-state index is 0.0966. The number of nitrogens with one attached hydrogen (secondary N) is 1. The Bertz CT molecular complexity index is 797. The number of thiol groups is 1. The van der Waals surface area contributed by atoms with Gasteiger partial charge < -0.3 is 10.4 Å². The number of carbonyl (C=O) groups excluding carboxylic acids is 3. The zero-order valence-corrected chi connectivity index (χ0v) is 17.3. The second-order valence-corrected chi connectivity index (χ2v) is 8.50. The zero-order valence-electron chi connectivity index (χ0n) is 15.6. The molecule has 2 heterocycles. The molecule has 1 aromatic carbocycles. The predicted octanol–water partition coefficient (Wildman–Crippen LogP) is 2.10. The Morgan fingerprint density at radius 1 is 1.29 bits per heavy atom. The van der Waals surface area contributed by atoms with E-state index in [1.54, 1.807) is 0 Å². The van der Waals surface area contributed by atoms with Gasteiger partial charge in [0.2, 0.25) is 16.9 Å². The van der Waals surface area contributed by atoms with Crippen LogP contribution in [0, 0.1) is 5.92 Å². The lowest BCUT2D eigenvalue weighted by molar-refractivity contribution is -0.154. The van der Waals surface area contributed by atoms with Gasteiger partial charge in [0.05, 0.1) is 12.0 Å². The van der Waals surface area contributed by atoms with E-state index in [-0.39, 0.29) is 29.3 Å². The number of carbonyl (C=O) groups is 3. The van der Waals surface area contributed by atoms with Crippen LogP contribution in [-0.4, -0.2) is 45.0 Å². The molecule has 8 heteroatoms. The molecule has 3 rings (SSSR count). The second kappa shape index (κ2) is 9.15. The summed E-state index contributed by atoms with van der Waals surface area (Å²) < 4.78 is 0. The Labute approximate surface area is 174 Å². The highest BCUT2D eigenvalue weighted by Crippen LogP contribution is 2.52. The number of hydrogen-bond donors (Lipinski definition) is 3. The van der Waals surface area contributed by atoms with Crippen molar-refractivity contribution in [1.82, 2.24) is 10.2 Å². The number of allylic oxidation sites excluding steroid dienone is 1. The number of amides is 2. The second-order valence-electron chi connectivity index (χ2n) is 6.88. The van der Waals surface area contributed by atoms with Crippen LogP contribution in [0.1, 0.15) is 31.7 Å². The maximum Gasteiger partial charge on any atom is 0.236 e. The summed E-state index contributed by atoms with van der Waals surface area (Å²) in [4.78, 5) is 38.6. The molecule has 1 fully saturated rings. The van der Waals surface area contributed by atoms with Crippen molar-refractivity contribution >= 4 is 41.3 Å². The molecule has 0 spiro atoms. The molecule has 3 atom stereocenters. The minimum atomic E-state index is -0.724. The fraction of sp³-hybridized carbons (Fsp3) is 0.450. The number of benzene rings is 1. The van der Waals surface area contributed by atoms with Crippen LogP contribution in [0.5, 0.6) is 0 Å². The van der Waals surface area contributed by atoms with Gasteiger partial charge in [-0.05, 0) is 24.8 Å². The van der Waals surface area contributed by atoms with Gasteiger partial charge in [0.25, 0.3) is 0 Å². The molecule has 1 saturated heterocycles. The molecule has 2 aliphatic rings. The smallest absolute Gasteiger partial charge is 0.236 e. The summed E-state index contributed by atoms with van der Waals surface area (Å²) in [6, 6.07) is 9.90. The molecule has 0 unspecified atom stereocenters. The average Bonchev–Trinajstić information content (AvgIpc) is 3.02. The molecule has 0 bridgehead atoms. The van der Waals surface area contributed by atoms with Gasteiger partial charge in [-0.3, -0.25) is 19.3 Å². The maximum absolute atomic E-state index is 12.4. The summed E-state index contributed by atoms with van der Waals surface area (Å²) in [5, 5.41) is 12.2. The molecule has 0 aliphatic carbocycles. The molecule has 1 aromatic rings. The number of aliphatic hydroxyl groups is 1. The van der Waals surface area contributed by atoms with Gasteiger partial charge >= 0.3 is 0 Å². The summed E-state index contributed by atoms with van der Waals surface area (Å²) in [5.74, 6) is -0.845. The predicted molar refractivity (Wildman–Crippen MR) is 111 cm³/mol. The van der Waals surface area contributed by atoms with E-state index in [0.717, 1.165) is 12.0 Å². The van der Waals surface area contributed by atoms with Crippen molar-refractivity contribution in [3.8, 4) is 0 Å². The summed E-state index contributed by atoms with van der Waals surface area (Å²) in [7, 11) is 0. The lowest BCUT2D eigenvalue weighted by Gasteiger charge is -2.44. The van der Waals surface area contributed by atoms with Gasteiger partial charge in [-0.25, -0.2) is 0 Å². The molecule has 0 saturated carbocycles. The molecular formula is C20H24N2O4S2. The first kappa shape index (κ1) is 21.0. The highest BCUT2D eigenvalue weighted by molar-refractivity contribution is 8.04. The van der Waals surface area contributed by atoms with Crippen molar-refractivity contribution in [2.24, 2.45) is 5.92 Å². The van der Waals surface area contributed by atoms with Gasteiger partial charge in [0, 0.05) is 17.9 Å². The molecular weight excluding hydrogens is 396 g/mol. The van der Waals surface area contributed by atoms with Crippen LogP contribution in [0.25, 0.3) is 0 Å². The molecule has 6 nitrogen and oxygen atoms in total. The van der Waals surface area contributed by atoms with Gasteiger partial charge in [-0.1, -0.05) is 49.9 Å². The first-order chi connectivity index (χ1) is 13.4. The molecule has 2 N–H and O–H groups in total. The summed E-state index contributed by atoms with van der Waals surface area (Å²) >= 11 is 5.30. The van der Waals surface area contributed by atoms with Gasteiger partial charge in [0.1, 0.15) is 11.1 Å². The summed E-state index contributed by atoms with van der Waals surface area (Å²) in [6.45, 7) is 2.37. The number of fused-ring (bicyclic) bond motifs is 1. The SMILES string of the molecule is CC[C@H](O)[C@@H]1C(=O)N2C(C(=O)S)=C(CCC(=O)NCCc3ccccc3)S[C@H]12. The molecule has 2 amide bonds. The number of thioether (sulfide) groups is 1. The number of nitrogens with zero attached hydrogens (tertiary/aromatic N) is 1. The van der Waals surface area contributed by atoms with Gasteiger partial charge in [0.15, 0.2) is 0 Å². The minimum Gasteiger partial charge on any atom is -0.392 e. The zero-order chi connectivity index (χ0) is 20.3. The van der Waals surface area contributed by atoms with Gasteiger partial charge in [-0.15, -0.1) is 11.8 Å². The normalized spacial score (nSPS) is 22.0. The number of β-lactam (4-membered cyclic amide) rings is 1. The Hall–Kier alpha value is -1.77. The molecule has 150 valence electrons. The van der Waals surface area contributed by atoms with E-state index in [1.807, 2.05) is 37.3 Å². The van der Waals surface area contributed by atoms with Gasteiger partial charge in [-0.2, -0.15) is 0 Å². The standard InChI is InChI=1S/C20H24N2O4S2/c1-2-13(23)16-18(25)22-17(20(26)27)14(28-19(16)22)8-9-15(24)21-11-10-12-6-4-3-5-7-12/h3-7,13,16,19,23H,2,8-11H2,1H3,(H,21,24)(H,26,27)/t13-,16+,19+/m0/s1. The fourth-order valence-electron chi connectivity index (χ4n) is 3.50. The first-order valence-corrected chi connectivity index (χ1v) is 10.7. The monoisotopic (exact) mass is 420 g/mol. The lowest BCUT2D eigenvalue weighted by atomic mass is 9.90.